The topological polar surface area (TPSA) is 105 Å². The van der Waals surface area contributed by atoms with Crippen molar-refractivity contribution in [1.82, 2.24) is 15.1 Å². The summed E-state index contributed by atoms with van der Waals surface area (Å²) in [5, 5.41) is 20.7. The summed E-state index contributed by atoms with van der Waals surface area (Å²) in [6.07, 6.45) is -0.730. The zero-order valence-electron chi connectivity index (χ0n) is 22.7. The first-order valence-electron chi connectivity index (χ1n) is 13.5. The van der Waals surface area contributed by atoms with Crippen LogP contribution in [0.3, 0.4) is 0 Å². The Morgan fingerprint density at radius 2 is 1.76 bits per heavy atom. The van der Waals surface area contributed by atoms with E-state index in [1.807, 2.05) is 12.1 Å². The van der Waals surface area contributed by atoms with Crippen molar-refractivity contribution in [2.24, 2.45) is 0 Å². The van der Waals surface area contributed by atoms with Gasteiger partial charge in [-0.25, -0.2) is 4.79 Å². The minimum absolute atomic E-state index is 0.115. The zero-order chi connectivity index (χ0) is 29.9. The number of halogens is 3. The second kappa shape index (κ2) is 12.0. The summed E-state index contributed by atoms with van der Waals surface area (Å²) in [7, 11) is 1.58. The number of nitrogens with zero attached hydrogens (tertiary/aromatic N) is 2. The van der Waals surface area contributed by atoms with Crippen molar-refractivity contribution in [3.63, 3.8) is 0 Å². The number of alkyl halides is 3. The van der Waals surface area contributed by atoms with Gasteiger partial charge in [0.15, 0.2) is 0 Å². The van der Waals surface area contributed by atoms with Crippen LogP contribution >= 0.6 is 0 Å². The van der Waals surface area contributed by atoms with Crippen LogP contribution in [0.2, 0.25) is 0 Å². The van der Waals surface area contributed by atoms with Crippen LogP contribution in [0.1, 0.15) is 58.8 Å². The number of anilines is 1. The summed E-state index contributed by atoms with van der Waals surface area (Å²) >= 11 is 0. The van der Waals surface area contributed by atoms with E-state index in [0.29, 0.717) is 17.1 Å². The maximum absolute atomic E-state index is 13.3. The van der Waals surface area contributed by atoms with Crippen molar-refractivity contribution in [2.75, 3.05) is 12.4 Å². The molecule has 1 heterocycles. The molecule has 3 aromatic carbocycles. The molecule has 0 aliphatic heterocycles. The lowest BCUT2D eigenvalue weighted by Gasteiger charge is -2.12. The fourth-order valence-electron chi connectivity index (χ4n) is 5.06. The van der Waals surface area contributed by atoms with Crippen LogP contribution in [-0.2, 0) is 12.7 Å². The highest BCUT2D eigenvalue weighted by molar-refractivity contribution is 6.04. The monoisotopic (exact) mass is 578 g/mol. The molecule has 8 nitrogen and oxygen atoms in total. The van der Waals surface area contributed by atoms with E-state index in [1.165, 1.54) is 28.9 Å². The van der Waals surface area contributed by atoms with Crippen LogP contribution < -0.4 is 15.4 Å². The van der Waals surface area contributed by atoms with Gasteiger partial charge in [-0.05, 0) is 73.0 Å². The van der Waals surface area contributed by atoms with Crippen LogP contribution in [0.15, 0.2) is 72.8 Å². The van der Waals surface area contributed by atoms with E-state index in [-0.39, 0.29) is 35.0 Å². The molecule has 4 aromatic rings. The number of nitrogens with one attached hydrogen (secondary N) is 2. The molecule has 1 aliphatic carbocycles. The highest BCUT2D eigenvalue weighted by Gasteiger charge is 2.31. The Balaban J connectivity index is 1.39. The first-order chi connectivity index (χ1) is 20.1. The normalized spacial score (nSPS) is 13.6. The summed E-state index contributed by atoms with van der Waals surface area (Å²) < 4.78 is 45.8. The summed E-state index contributed by atoms with van der Waals surface area (Å²) in [6, 6.07) is 17.0. The molecule has 3 N–H and O–H groups in total. The van der Waals surface area contributed by atoms with Crippen molar-refractivity contribution in [1.29, 1.82) is 0 Å². The number of hydrogen-bond acceptors (Lipinski definition) is 5. The van der Waals surface area contributed by atoms with Gasteiger partial charge < -0.3 is 20.5 Å². The quantitative estimate of drug-likeness (QED) is 0.206. The van der Waals surface area contributed by atoms with E-state index in [9.17, 15) is 27.9 Å². The maximum Gasteiger partial charge on any atom is 0.416 e. The van der Waals surface area contributed by atoms with Gasteiger partial charge in [0.05, 0.1) is 24.1 Å². The first kappa shape index (κ1) is 28.7. The predicted molar refractivity (Wildman–Crippen MR) is 151 cm³/mol. The van der Waals surface area contributed by atoms with E-state index in [2.05, 4.69) is 15.7 Å². The Bertz CT molecular complexity index is 1590. The Hall–Kier alpha value is -4.80. The molecule has 1 aromatic heterocycles. The van der Waals surface area contributed by atoms with Gasteiger partial charge in [-0.1, -0.05) is 31.0 Å². The molecule has 1 aliphatic rings. The second-order valence-electron chi connectivity index (χ2n) is 10.1. The third kappa shape index (κ3) is 6.40. The van der Waals surface area contributed by atoms with Crippen molar-refractivity contribution >= 4 is 17.6 Å². The van der Waals surface area contributed by atoms with Crippen LogP contribution in [-0.4, -0.2) is 33.9 Å². The van der Waals surface area contributed by atoms with E-state index < -0.39 is 23.7 Å². The van der Waals surface area contributed by atoms with E-state index in [0.717, 1.165) is 49.4 Å². The van der Waals surface area contributed by atoms with Crippen molar-refractivity contribution in [2.45, 2.75) is 44.3 Å². The number of amides is 2. The molecule has 11 heteroatoms. The number of aromatic hydroxyl groups is 1. The number of phenols is 1. The molecule has 0 spiro atoms. The highest BCUT2D eigenvalue weighted by Crippen LogP contribution is 2.38. The lowest BCUT2D eigenvalue weighted by molar-refractivity contribution is -0.137. The Labute approximate surface area is 240 Å². The lowest BCUT2D eigenvalue weighted by Crippen LogP contribution is -2.30. The average Bonchev–Trinajstić information content (AvgIpc) is 3.67. The van der Waals surface area contributed by atoms with Gasteiger partial charge >= 0.3 is 12.2 Å². The molecule has 0 saturated heterocycles. The molecular weight excluding hydrogens is 549 g/mol. The zero-order valence-corrected chi connectivity index (χ0v) is 22.7. The van der Waals surface area contributed by atoms with E-state index >= 15 is 0 Å². The highest BCUT2D eigenvalue weighted by atomic mass is 19.4. The van der Waals surface area contributed by atoms with Gasteiger partial charge in [0, 0.05) is 29.3 Å². The number of benzene rings is 3. The van der Waals surface area contributed by atoms with Gasteiger partial charge in [-0.2, -0.15) is 23.0 Å². The number of aromatic nitrogens is 2. The average molecular weight is 579 g/mol. The smallest absolute Gasteiger partial charge is 0.416 e. The largest absolute Gasteiger partial charge is 0.507 e. The third-order valence-corrected chi connectivity index (χ3v) is 7.29. The van der Waals surface area contributed by atoms with Crippen molar-refractivity contribution < 1.29 is 32.6 Å². The molecule has 0 unspecified atom stereocenters. The lowest BCUT2D eigenvalue weighted by atomic mass is 10.0. The van der Waals surface area contributed by atoms with E-state index in [4.69, 9.17) is 4.74 Å². The Morgan fingerprint density at radius 1 is 1.02 bits per heavy atom. The van der Waals surface area contributed by atoms with Crippen LogP contribution in [0, 0.1) is 0 Å². The number of phenolic OH excluding ortho intramolecular Hbond substituents is 1. The molecule has 5 rings (SSSR count). The molecular formula is C31H29F3N4O4. The molecule has 0 bridgehead atoms. The Kier molecular flexibility index (Phi) is 8.19. The number of ether oxygens (including phenoxy) is 1. The summed E-state index contributed by atoms with van der Waals surface area (Å²) in [4.78, 5) is 26.0. The van der Waals surface area contributed by atoms with Crippen molar-refractivity contribution in [3.8, 4) is 22.8 Å². The fraction of sp³-hybridized carbons (Fsp3) is 0.258. The van der Waals surface area contributed by atoms with Crippen molar-refractivity contribution in [3.05, 3.63) is 95.2 Å². The predicted octanol–water partition coefficient (Wildman–Crippen LogP) is 6.95. The van der Waals surface area contributed by atoms with Gasteiger partial charge in [0.2, 0.25) is 0 Å². The standard InChI is InChI=1S/C31H29F3N4O4/c1-42-24-12-9-19(10-13-24)18-35-30(41)38-27(20-5-2-3-6-20)17-26(37-38)25-16-23(11-14-28(25)39)36-29(40)21-7-4-8-22(15-21)31(32,33)34/h4,7-17,20,39H,2-3,5-6,18H2,1H3,(H,35,41)(H,36,40). The number of carbonyl (C=O) groups excluding carboxylic acids is 2. The summed E-state index contributed by atoms with van der Waals surface area (Å²) in [5.74, 6) is -0.0524. The number of carbonyl (C=O) groups is 2. The van der Waals surface area contributed by atoms with E-state index in [1.54, 1.807) is 25.3 Å². The molecule has 218 valence electrons. The van der Waals surface area contributed by atoms with Crippen LogP contribution in [0.25, 0.3) is 11.3 Å². The maximum atomic E-state index is 13.3. The molecule has 1 fully saturated rings. The van der Waals surface area contributed by atoms with Gasteiger partial charge in [0.1, 0.15) is 11.5 Å². The minimum atomic E-state index is -4.58. The number of rotatable bonds is 7. The molecule has 1 saturated carbocycles. The number of hydrogen-bond donors (Lipinski definition) is 3. The molecule has 2 amide bonds. The SMILES string of the molecule is COc1ccc(CNC(=O)n2nc(-c3cc(NC(=O)c4cccc(C(F)(F)F)c4)ccc3O)cc2C2CCCC2)cc1. The van der Waals surface area contributed by atoms with Crippen LogP contribution in [0.4, 0.5) is 23.7 Å². The molecule has 0 radical (unpaired) electrons. The second-order valence-corrected chi connectivity index (χ2v) is 10.1. The first-order valence-corrected chi connectivity index (χ1v) is 13.5. The Morgan fingerprint density at radius 3 is 2.45 bits per heavy atom. The number of methoxy groups -OCH3 is 1. The fourth-order valence-corrected chi connectivity index (χ4v) is 5.06. The van der Waals surface area contributed by atoms with Gasteiger partial charge in [-0.15, -0.1) is 0 Å². The van der Waals surface area contributed by atoms with Crippen LogP contribution in [0.5, 0.6) is 11.5 Å². The summed E-state index contributed by atoms with van der Waals surface area (Å²) in [6.45, 7) is 0.268. The summed E-state index contributed by atoms with van der Waals surface area (Å²) in [5.41, 5.74) is 1.32. The van der Waals surface area contributed by atoms with Gasteiger partial charge in [0.25, 0.3) is 5.91 Å². The molecule has 0 atom stereocenters. The minimum Gasteiger partial charge on any atom is -0.507 e. The van der Waals surface area contributed by atoms with Gasteiger partial charge in [-0.3, -0.25) is 4.79 Å². The third-order valence-electron chi connectivity index (χ3n) is 7.29. The molecule has 42 heavy (non-hydrogen) atoms.